The van der Waals surface area contributed by atoms with Crippen LogP contribution in [0.5, 0.6) is 0 Å². The Kier molecular flexibility index (Phi) is 1.68. The summed E-state index contributed by atoms with van der Waals surface area (Å²) >= 11 is 4.95. The number of nitrogens with one attached hydrogen (secondary N) is 1. The van der Waals surface area contributed by atoms with Crippen molar-refractivity contribution in [3.63, 3.8) is 0 Å². The normalized spacial score (nSPS) is 29.0. The fraction of sp³-hybridized carbons (Fsp3) is 0.333. The number of hydrogen-bond acceptors (Lipinski definition) is 3. The van der Waals surface area contributed by atoms with Gasteiger partial charge in [0.1, 0.15) is 18.5 Å². The highest BCUT2D eigenvalue weighted by Crippen LogP contribution is 2.23. The molecule has 4 nitrogen and oxygen atoms in total. The maximum Gasteiger partial charge on any atom is 0.197 e. The first-order valence-corrected chi connectivity index (χ1v) is 4.81. The maximum absolute atomic E-state index is 5.52. The summed E-state index contributed by atoms with van der Waals surface area (Å²) in [4.78, 5) is 4.16. The van der Waals surface area contributed by atoms with Crippen molar-refractivity contribution in [3.8, 4) is 0 Å². The molecule has 1 atom stereocenters. The average Bonchev–Trinajstić information content (AvgIpc) is 2.53. The zero-order chi connectivity index (χ0) is 9.54. The third kappa shape index (κ3) is 1.17. The van der Waals surface area contributed by atoms with E-state index in [0.29, 0.717) is 18.3 Å². The van der Waals surface area contributed by atoms with Crippen molar-refractivity contribution in [2.75, 3.05) is 13.2 Å². The Hall–Kier alpha value is -1.20. The predicted molar refractivity (Wildman–Crippen MR) is 55.0 cm³/mol. The van der Waals surface area contributed by atoms with Crippen molar-refractivity contribution in [3.05, 3.63) is 23.6 Å². The quantitative estimate of drug-likeness (QED) is 0.589. The highest BCUT2D eigenvalue weighted by atomic mass is 32.1. The summed E-state index contributed by atoms with van der Waals surface area (Å²) in [5, 5.41) is 3.50. The zero-order valence-electron chi connectivity index (χ0n) is 7.32. The van der Waals surface area contributed by atoms with E-state index in [-0.39, 0.29) is 6.10 Å². The fourth-order valence-electron chi connectivity index (χ4n) is 1.65. The predicted octanol–water partition coefficient (Wildman–Crippen LogP) is 0.512. The topological polar surface area (TPSA) is 42.9 Å². The van der Waals surface area contributed by atoms with Gasteiger partial charge in [0, 0.05) is 6.08 Å². The van der Waals surface area contributed by atoms with Gasteiger partial charge in [0.2, 0.25) is 0 Å². The van der Waals surface area contributed by atoms with Crippen LogP contribution in [-0.4, -0.2) is 30.1 Å². The Balaban J connectivity index is 1.99. The Labute approximate surface area is 86.3 Å². The molecule has 2 heterocycles. The van der Waals surface area contributed by atoms with E-state index < -0.39 is 0 Å². The molecule has 1 fully saturated rings. The standard InChI is InChI=1S/C9H8N2O2S/c14-9-10-5-3-7-8(4-6(5)11-9)13-2-1-12-7/h3-4,7H,1-2H2,(H,10,14). The van der Waals surface area contributed by atoms with Gasteiger partial charge >= 0.3 is 0 Å². The number of aliphatic imine (C=N–C) groups is 1. The lowest BCUT2D eigenvalue weighted by Crippen LogP contribution is -2.30. The molecule has 14 heavy (non-hydrogen) atoms. The van der Waals surface area contributed by atoms with Crippen LogP contribution < -0.4 is 5.32 Å². The van der Waals surface area contributed by atoms with Crippen molar-refractivity contribution in [1.29, 1.82) is 0 Å². The molecular formula is C9H8N2O2S. The second-order valence-electron chi connectivity index (χ2n) is 3.19. The molecule has 3 rings (SSSR count). The van der Waals surface area contributed by atoms with E-state index in [0.717, 1.165) is 17.2 Å². The van der Waals surface area contributed by atoms with E-state index in [1.807, 2.05) is 12.2 Å². The van der Waals surface area contributed by atoms with Crippen molar-refractivity contribution in [2.24, 2.45) is 4.99 Å². The minimum Gasteiger partial charge on any atom is -0.492 e. The minimum atomic E-state index is -0.0777. The van der Waals surface area contributed by atoms with E-state index in [9.17, 15) is 0 Å². The van der Waals surface area contributed by atoms with Crippen LogP contribution in [0.4, 0.5) is 0 Å². The first kappa shape index (κ1) is 8.14. The molecule has 3 aliphatic rings. The third-order valence-electron chi connectivity index (χ3n) is 2.27. The van der Waals surface area contributed by atoms with Gasteiger partial charge in [0.25, 0.3) is 0 Å². The van der Waals surface area contributed by atoms with Crippen molar-refractivity contribution in [2.45, 2.75) is 6.10 Å². The fourth-order valence-corrected chi connectivity index (χ4v) is 1.86. The Bertz CT molecular complexity index is 398. The summed E-state index contributed by atoms with van der Waals surface area (Å²) in [6, 6.07) is 0. The Morgan fingerprint density at radius 2 is 2.43 bits per heavy atom. The van der Waals surface area contributed by atoms with Gasteiger partial charge in [-0.3, -0.25) is 0 Å². The summed E-state index contributed by atoms with van der Waals surface area (Å²) in [7, 11) is 0. The van der Waals surface area contributed by atoms with E-state index in [2.05, 4.69) is 10.3 Å². The molecule has 5 heteroatoms. The zero-order valence-corrected chi connectivity index (χ0v) is 8.13. The largest absolute Gasteiger partial charge is 0.492 e. The second-order valence-corrected chi connectivity index (χ2v) is 3.58. The summed E-state index contributed by atoms with van der Waals surface area (Å²) in [5.74, 6) is 0.824. The lowest BCUT2D eigenvalue weighted by molar-refractivity contribution is -0.0215. The Morgan fingerprint density at radius 1 is 1.50 bits per heavy atom. The van der Waals surface area contributed by atoms with Gasteiger partial charge < -0.3 is 14.8 Å². The molecule has 0 radical (unpaired) electrons. The van der Waals surface area contributed by atoms with Gasteiger partial charge in [-0.25, -0.2) is 4.99 Å². The lowest BCUT2D eigenvalue weighted by Gasteiger charge is -2.27. The molecule has 0 bridgehead atoms. The number of thiocarbonyl (C=S) groups is 1. The van der Waals surface area contributed by atoms with E-state index in [4.69, 9.17) is 21.7 Å². The van der Waals surface area contributed by atoms with Gasteiger partial charge in [0.05, 0.1) is 18.0 Å². The van der Waals surface area contributed by atoms with Crippen LogP contribution in [0.25, 0.3) is 0 Å². The highest BCUT2D eigenvalue weighted by molar-refractivity contribution is 7.80. The van der Waals surface area contributed by atoms with Crippen molar-refractivity contribution >= 4 is 23.0 Å². The van der Waals surface area contributed by atoms with Crippen LogP contribution in [0.3, 0.4) is 0 Å². The average molecular weight is 208 g/mol. The first-order valence-electron chi connectivity index (χ1n) is 4.41. The van der Waals surface area contributed by atoms with Crippen LogP contribution in [-0.2, 0) is 9.47 Å². The van der Waals surface area contributed by atoms with Gasteiger partial charge in [-0.2, -0.15) is 0 Å². The number of nitrogens with zero attached hydrogens (tertiary/aromatic N) is 1. The molecule has 1 aliphatic carbocycles. The molecule has 0 saturated carbocycles. The molecule has 1 saturated heterocycles. The number of allylic oxidation sites excluding steroid dienone is 1. The van der Waals surface area contributed by atoms with Crippen LogP contribution in [0, 0.1) is 0 Å². The van der Waals surface area contributed by atoms with E-state index >= 15 is 0 Å². The lowest BCUT2D eigenvalue weighted by atomic mass is 10.1. The van der Waals surface area contributed by atoms with Crippen LogP contribution >= 0.6 is 12.2 Å². The van der Waals surface area contributed by atoms with Gasteiger partial charge in [-0.1, -0.05) is 0 Å². The molecule has 0 aromatic rings. The molecule has 1 unspecified atom stereocenters. The van der Waals surface area contributed by atoms with Crippen LogP contribution in [0.15, 0.2) is 28.6 Å². The number of hydrogen-bond donors (Lipinski definition) is 1. The third-order valence-corrected chi connectivity index (χ3v) is 2.46. The first-order chi connectivity index (χ1) is 6.83. The summed E-state index contributed by atoms with van der Waals surface area (Å²) in [6.07, 6.45) is 3.75. The van der Waals surface area contributed by atoms with Gasteiger partial charge in [-0.15, -0.1) is 0 Å². The Morgan fingerprint density at radius 3 is 3.36 bits per heavy atom. The SMILES string of the molecule is S=C1N=C2C=C3OCCOC3C=C2N1. The van der Waals surface area contributed by atoms with E-state index in [1.54, 1.807) is 0 Å². The van der Waals surface area contributed by atoms with E-state index in [1.165, 1.54) is 0 Å². The van der Waals surface area contributed by atoms with Gasteiger partial charge in [-0.05, 0) is 18.3 Å². The summed E-state index contributed by atoms with van der Waals surface area (Å²) in [6.45, 7) is 1.24. The number of fused-ring (bicyclic) bond motifs is 2. The van der Waals surface area contributed by atoms with Crippen molar-refractivity contribution < 1.29 is 9.47 Å². The van der Waals surface area contributed by atoms with Gasteiger partial charge in [0.15, 0.2) is 5.11 Å². The summed E-state index contributed by atoms with van der Waals surface area (Å²) < 4.78 is 11.0. The molecular weight excluding hydrogens is 200 g/mol. The highest BCUT2D eigenvalue weighted by Gasteiger charge is 2.28. The molecule has 0 aromatic carbocycles. The molecule has 0 amide bonds. The molecule has 1 N–H and O–H groups in total. The summed E-state index contributed by atoms with van der Waals surface area (Å²) in [5.41, 5.74) is 1.76. The smallest absolute Gasteiger partial charge is 0.197 e. The van der Waals surface area contributed by atoms with Crippen LogP contribution in [0.2, 0.25) is 0 Å². The molecule has 2 aliphatic heterocycles. The second kappa shape index (κ2) is 2.90. The van der Waals surface area contributed by atoms with Crippen molar-refractivity contribution in [1.82, 2.24) is 5.32 Å². The number of rotatable bonds is 0. The minimum absolute atomic E-state index is 0.0777. The monoisotopic (exact) mass is 208 g/mol. The molecule has 0 spiro atoms. The molecule has 0 aromatic heterocycles. The number of ether oxygens (including phenoxy) is 2. The van der Waals surface area contributed by atoms with Crippen LogP contribution in [0.1, 0.15) is 0 Å². The maximum atomic E-state index is 5.52. The molecule has 72 valence electrons.